The molecule has 0 saturated carbocycles. The van der Waals surface area contributed by atoms with E-state index in [9.17, 15) is 17.6 Å². The zero-order valence-corrected chi connectivity index (χ0v) is 13.6. The highest BCUT2D eigenvalue weighted by molar-refractivity contribution is 7.89. The predicted molar refractivity (Wildman–Crippen MR) is 84.1 cm³/mol. The van der Waals surface area contributed by atoms with E-state index in [2.05, 4.69) is 10.3 Å². The summed E-state index contributed by atoms with van der Waals surface area (Å²) in [5.41, 5.74) is 0. The lowest BCUT2D eigenvalue weighted by Crippen LogP contribution is -2.43. The number of rotatable bonds is 4. The van der Waals surface area contributed by atoms with Crippen LogP contribution in [0.4, 0.5) is 9.52 Å². The minimum atomic E-state index is -4.06. The summed E-state index contributed by atoms with van der Waals surface area (Å²) in [4.78, 5) is 15.9. The van der Waals surface area contributed by atoms with Crippen LogP contribution in [0.1, 0.15) is 12.8 Å². The molecule has 6 nitrogen and oxygen atoms in total. The summed E-state index contributed by atoms with van der Waals surface area (Å²) in [5.74, 6) is -1.27. The third kappa shape index (κ3) is 3.12. The van der Waals surface area contributed by atoms with E-state index in [1.54, 1.807) is 11.6 Å². The topological polar surface area (TPSA) is 79.4 Å². The average Bonchev–Trinajstić information content (AvgIpc) is 3.18. The minimum Gasteiger partial charge on any atom is -0.301 e. The van der Waals surface area contributed by atoms with Gasteiger partial charge in [0.05, 0.1) is 0 Å². The second kappa shape index (κ2) is 6.34. The number of aromatic nitrogens is 1. The molecule has 1 atom stereocenters. The maximum absolute atomic E-state index is 13.9. The summed E-state index contributed by atoms with van der Waals surface area (Å²) < 4.78 is 40.3. The third-order valence-electron chi connectivity index (χ3n) is 3.59. The van der Waals surface area contributed by atoms with E-state index in [4.69, 9.17) is 0 Å². The standard InChI is InChI=1S/C14H14FN3O3S2/c15-10-4-1-2-6-12(10)23(20,21)18-8-3-5-11(18)13(19)17-14-16-7-9-22-14/h1-2,4,6-7,9,11H,3,5,8H2,(H,16,17,19)/t11-/m0/s1. The zero-order valence-electron chi connectivity index (χ0n) is 12.0. The van der Waals surface area contributed by atoms with E-state index in [1.165, 1.54) is 29.5 Å². The van der Waals surface area contributed by atoms with Crippen molar-refractivity contribution in [2.45, 2.75) is 23.8 Å². The molecule has 0 radical (unpaired) electrons. The van der Waals surface area contributed by atoms with Gasteiger partial charge in [0.25, 0.3) is 0 Å². The Kier molecular flexibility index (Phi) is 4.42. The van der Waals surface area contributed by atoms with Gasteiger partial charge in [-0.25, -0.2) is 17.8 Å². The van der Waals surface area contributed by atoms with Gasteiger partial charge in [-0.3, -0.25) is 4.79 Å². The second-order valence-corrected chi connectivity index (χ2v) is 7.78. The Bertz CT molecular complexity index is 808. The van der Waals surface area contributed by atoms with Gasteiger partial charge in [-0.15, -0.1) is 11.3 Å². The van der Waals surface area contributed by atoms with E-state index in [1.807, 2.05) is 0 Å². The number of carbonyl (C=O) groups is 1. The summed E-state index contributed by atoms with van der Waals surface area (Å²) in [6, 6.07) is 4.32. The fourth-order valence-corrected chi connectivity index (χ4v) is 4.80. The SMILES string of the molecule is O=C(Nc1nccs1)[C@@H]1CCCN1S(=O)(=O)c1ccccc1F. The maximum atomic E-state index is 13.9. The highest BCUT2D eigenvalue weighted by atomic mass is 32.2. The molecule has 2 heterocycles. The van der Waals surface area contributed by atoms with Crippen LogP contribution in [0.25, 0.3) is 0 Å². The Labute approximate surface area is 137 Å². The number of hydrogen-bond acceptors (Lipinski definition) is 5. The molecule has 9 heteroatoms. The van der Waals surface area contributed by atoms with Crippen LogP contribution in [0.5, 0.6) is 0 Å². The van der Waals surface area contributed by atoms with Gasteiger partial charge >= 0.3 is 0 Å². The van der Waals surface area contributed by atoms with E-state index >= 15 is 0 Å². The Morgan fingerprint density at radius 3 is 2.87 bits per heavy atom. The van der Waals surface area contributed by atoms with Gasteiger partial charge in [-0.2, -0.15) is 4.31 Å². The van der Waals surface area contributed by atoms with Crippen LogP contribution < -0.4 is 5.32 Å². The first-order valence-electron chi connectivity index (χ1n) is 6.97. The first kappa shape index (κ1) is 16.0. The fourth-order valence-electron chi connectivity index (χ4n) is 2.54. The molecule has 1 aromatic carbocycles. The number of amides is 1. The predicted octanol–water partition coefficient (Wildman–Crippen LogP) is 2.07. The molecule has 122 valence electrons. The quantitative estimate of drug-likeness (QED) is 0.911. The number of nitrogens with one attached hydrogen (secondary N) is 1. The van der Waals surface area contributed by atoms with E-state index in [-0.39, 0.29) is 6.54 Å². The molecule has 1 fully saturated rings. The highest BCUT2D eigenvalue weighted by Gasteiger charge is 2.40. The number of thiazole rings is 1. The van der Waals surface area contributed by atoms with Crippen LogP contribution in [0.2, 0.25) is 0 Å². The lowest BCUT2D eigenvalue weighted by atomic mass is 10.2. The molecule has 23 heavy (non-hydrogen) atoms. The summed E-state index contributed by atoms with van der Waals surface area (Å²) in [6.07, 6.45) is 2.48. The lowest BCUT2D eigenvalue weighted by Gasteiger charge is -2.23. The summed E-state index contributed by atoms with van der Waals surface area (Å²) in [5, 5.41) is 4.71. The second-order valence-electron chi connectivity index (χ2n) is 5.03. The number of hydrogen-bond donors (Lipinski definition) is 1. The van der Waals surface area contributed by atoms with E-state index < -0.39 is 32.7 Å². The van der Waals surface area contributed by atoms with Crippen molar-refractivity contribution in [1.29, 1.82) is 0 Å². The molecule has 1 aliphatic rings. The molecule has 1 N–H and O–H groups in total. The van der Waals surface area contributed by atoms with Gasteiger partial charge in [-0.05, 0) is 25.0 Å². The van der Waals surface area contributed by atoms with Gasteiger partial charge < -0.3 is 5.32 Å². The molecule has 0 bridgehead atoms. The monoisotopic (exact) mass is 355 g/mol. The van der Waals surface area contributed by atoms with Crippen LogP contribution in [0.3, 0.4) is 0 Å². The molecule has 1 amide bonds. The third-order valence-corrected chi connectivity index (χ3v) is 6.22. The van der Waals surface area contributed by atoms with E-state index in [0.29, 0.717) is 18.0 Å². The first-order valence-corrected chi connectivity index (χ1v) is 9.29. The molecular weight excluding hydrogens is 341 g/mol. The van der Waals surface area contributed by atoms with Crippen molar-refractivity contribution in [3.63, 3.8) is 0 Å². The number of anilines is 1. The Morgan fingerprint density at radius 2 is 2.17 bits per heavy atom. The number of halogens is 1. The van der Waals surface area contributed by atoms with E-state index in [0.717, 1.165) is 10.4 Å². The van der Waals surface area contributed by atoms with Crippen LogP contribution >= 0.6 is 11.3 Å². The van der Waals surface area contributed by atoms with Crippen LogP contribution in [-0.2, 0) is 14.8 Å². The van der Waals surface area contributed by atoms with Crippen molar-refractivity contribution in [2.24, 2.45) is 0 Å². The van der Waals surface area contributed by atoms with Crippen molar-refractivity contribution in [3.8, 4) is 0 Å². The number of benzene rings is 1. The molecule has 0 aliphatic carbocycles. The zero-order chi connectivity index (χ0) is 16.4. The Balaban J connectivity index is 1.86. The lowest BCUT2D eigenvalue weighted by molar-refractivity contribution is -0.119. The van der Waals surface area contributed by atoms with Crippen molar-refractivity contribution >= 4 is 32.4 Å². The van der Waals surface area contributed by atoms with Crippen molar-refractivity contribution in [1.82, 2.24) is 9.29 Å². The van der Waals surface area contributed by atoms with Gasteiger partial charge in [0.2, 0.25) is 15.9 Å². The van der Waals surface area contributed by atoms with Gasteiger partial charge in [0, 0.05) is 18.1 Å². The molecule has 2 aromatic rings. The molecule has 0 spiro atoms. The molecular formula is C14H14FN3O3S2. The molecule has 1 saturated heterocycles. The summed E-state index contributed by atoms with van der Waals surface area (Å²) in [6.45, 7) is 0.187. The van der Waals surface area contributed by atoms with Crippen molar-refractivity contribution in [3.05, 3.63) is 41.7 Å². The summed E-state index contributed by atoms with van der Waals surface area (Å²) in [7, 11) is -4.06. The number of sulfonamides is 1. The van der Waals surface area contributed by atoms with Crippen molar-refractivity contribution in [2.75, 3.05) is 11.9 Å². The Hall–Kier alpha value is -1.84. The highest BCUT2D eigenvalue weighted by Crippen LogP contribution is 2.28. The minimum absolute atomic E-state index is 0.187. The molecule has 3 rings (SSSR count). The van der Waals surface area contributed by atoms with Crippen LogP contribution in [0.15, 0.2) is 40.7 Å². The van der Waals surface area contributed by atoms with Crippen LogP contribution in [-0.4, -0.2) is 36.2 Å². The van der Waals surface area contributed by atoms with Crippen molar-refractivity contribution < 1.29 is 17.6 Å². The number of carbonyl (C=O) groups excluding carboxylic acids is 1. The van der Waals surface area contributed by atoms with Crippen LogP contribution in [0, 0.1) is 5.82 Å². The molecule has 1 aromatic heterocycles. The molecule has 0 unspecified atom stereocenters. The van der Waals surface area contributed by atoms with Gasteiger partial charge in [0.1, 0.15) is 16.8 Å². The maximum Gasteiger partial charge on any atom is 0.246 e. The number of nitrogens with zero attached hydrogens (tertiary/aromatic N) is 2. The normalized spacial score (nSPS) is 18.9. The largest absolute Gasteiger partial charge is 0.301 e. The fraction of sp³-hybridized carbons (Fsp3) is 0.286. The average molecular weight is 355 g/mol. The van der Waals surface area contributed by atoms with Gasteiger partial charge in [0.15, 0.2) is 5.13 Å². The van der Waals surface area contributed by atoms with Gasteiger partial charge in [-0.1, -0.05) is 12.1 Å². The molecule has 1 aliphatic heterocycles. The smallest absolute Gasteiger partial charge is 0.246 e. The Morgan fingerprint density at radius 1 is 1.39 bits per heavy atom. The summed E-state index contributed by atoms with van der Waals surface area (Å²) >= 11 is 1.25. The first-order chi connectivity index (χ1) is 11.0.